The van der Waals surface area contributed by atoms with Gasteiger partial charge in [0.15, 0.2) is 5.38 Å². The molecule has 1 N–H and O–H groups in total. The lowest BCUT2D eigenvalue weighted by Gasteiger charge is -2.44. The van der Waals surface area contributed by atoms with E-state index in [0.717, 1.165) is 31.2 Å². The van der Waals surface area contributed by atoms with Gasteiger partial charge in [-0.2, -0.15) is 0 Å². The van der Waals surface area contributed by atoms with Gasteiger partial charge in [0.1, 0.15) is 17.1 Å². The van der Waals surface area contributed by atoms with Crippen molar-refractivity contribution in [3.05, 3.63) is 22.7 Å². The van der Waals surface area contributed by atoms with Gasteiger partial charge in [0.25, 0.3) is 0 Å². The molecule has 0 bridgehead atoms. The number of hydrogen-bond donors (Lipinski definition) is 1. The van der Waals surface area contributed by atoms with Crippen LogP contribution in [-0.4, -0.2) is 42.4 Å². The van der Waals surface area contributed by atoms with Crippen molar-refractivity contribution >= 4 is 29.2 Å². The number of ether oxygens (including phenoxy) is 3. The Morgan fingerprint density at radius 3 is 2.48 bits per heavy atom. The largest absolute Gasteiger partial charge is 0.496 e. The van der Waals surface area contributed by atoms with Gasteiger partial charge in [0.2, 0.25) is 0 Å². The minimum Gasteiger partial charge on any atom is -0.496 e. The Bertz CT molecular complexity index is 689. The second-order valence-electron chi connectivity index (χ2n) is 7.44. The summed E-state index contributed by atoms with van der Waals surface area (Å²) in [6, 6.07) is 3.59. The van der Waals surface area contributed by atoms with Crippen LogP contribution in [0.1, 0.15) is 44.1 Å². The van der Waals surface area contributed by atoms with Crippen LogP contribution in [0.4, 0.5) is 0 Å². The van der Waals surface area contributed by atoms with E-state index < -0.39 is 23.1 Å². The zero-order valence-electron chi connectivity index (χ0n) is 15.7. The van der Waals surface area contributed by atoms with Gasteiger partial charge < -0.3 is 19.3 Å². The highest BCUT2D eigenvalue weighted by atomic mass is 35.5. The number of carbonyl (C=O) groups is 1. The van der Waals surface area contributed by atoms with Crippen LogP contribution in [-0.2, 0) is 16.0 Å². The topological polar surface area (TPSA) is 65.0 Å². The van der Waals surface area contributed by atoms with E-state index in [-0.39, 0.29) is 5.92 Å². The average Bonchev–Trinajstić information content (AvgIpc) is 3.20. The molecule has 1 aliphatic carbocycles. The summed E-state index contributed by atoms with van der Waals surface area (Å²) in [5.41, 5.74) is 0.217. The van der Waals surface area contributed by atoms with Crippen molar-refractivity contribution in [2.45, 2.75) is 62.0 Å². The first-order chi connectivity index (χ1) is 12.9. The van der Waals surface area contributed by atoms with Gasteiger partial charge in [-0.1, -0.05) is 24.4 Å². The van der Waals surface area contributed by atoms with Crippen LogP contribution in [0.5, 0.6) is 11.5 Å². The third kappa shape index (κ3) is 4.15. The van der Waals surface area contributed by atoms with Crippen molar-refractivity contribution in [2.24, 2.45) is 5.92 Å². The van der Waals surface area contributed by atoms with Crippen LogP contribution in [0.3, 0.4) is 0 Å². The fourth-order valence-electron chi connectivity index (χ4n) is 4.44. The van der Waals surface area contributed by atoms with Gasteiger partial charge in [-0.05, 0) is 43.2 Å². The predicted molar refractivity (Wildman–Crippen MR) is 104 cm³/mol. The van der Waals surface area contributed by atoms with Crippen molar-refractivity contribution in [1.29, 1.82) is 0 Å². The Labute approximate surface area is 169 Å². The van der Waals surface area contributed by atoms with Crippen molar-refractivity contribution in [3.8, 4) is 11.5 Å². The number of cyclic esters (lactones) is 1. The third-order valence-corrected chi connectivity index (χ3v) is 6.66. The SMILES string of the molecule is COc1cc(OC)c(CCC2(C3CCCC3)CC(O)C(Cl)C(=O)O2)cc1Cl. The molecule has 2 aliphatic rings. The number of alkyl halides is 1. The quantitative estimate of drug-likeness (QED) is 0.557. The highest BCUT2D eigenvalue weighted by Gasteiger charge is 2.51. The maximum Gasteiger partial charge on any atom is 0.327 e. The molecule has 0 aromatic heterocycles. The lowest BCUT2D eigenvalue weighted by Crippen LogP contribution is -2.54. The van der Waals surface area contributed by atoms with E-state index in [1.54, 1.807) is 20.3 Å². The number of esters is 1. The number of aliphatic hydroxyl groups excluding tert-OH is 1. The number of carbonyl (C=O) groups excluding carboxylic acids is 1. The maximum atomic E-state index is 12.3. The molecule has 1 aromatic carbocycles. The van der Waals surface area contributed by atoms with Crippen molar-refractivity contribution < 1.29 is 24.1 Å². The first kappa shape index (κ1) is 20.6. The molecule has 150 valence electrons. The molecule has 0 amide bonds. The number of aliphatic hydroxyl groups is 1. The molecule has 0 spiro atoms. The van der Waals surface area contributed by atoms with E-state index in [4.69, 9.17) is 37.4 Å². The monoisotopic (exact) mass is 416 g/mol. The molecule has 2 fully saturated rings. The molecule has 3 rings (SSSR count). The number of benzene rings is 1. The van der Waals surface area contributed by atoms with E-state index in [1.807, 2.05) is 6.07 Å². The third-order valence-electron chi connectivity index (χ3n) is 5.89. The molecule has 3 atom stereocenters. The van der Waals surface area contributed by atoms with Gasteiger partial charge in [0, 0.05) is 12.5 Å². The van der Waals surface area contributed by atoms with Gasteiger partial charge in [-0.25, -0.2) is 0 Å². The van der Waals surface area contributed by atoms with E-state index in [2.05, 4.69) is 0 Å². The first-order valence-electron chi connectivity index (χ1n) is 9.35. The van der Waals surface area contributed by atoms with Gasteiger partial charge >= 0.3 is 5.97 Å². The number of hydrogen-bond acceptors (Lipinski definition) is 5. The molecule has 27 heavy (non-hydrogen) atoms. The standard InChI is InChI=1S/C20H26Cl2O5/c1-25-16-10-17(26-2)14(21)9-12(16)7-8-20(13-5-3-4-6-13)11-15(23)18(22)19(24)27-20/h9-10,13,15,18,23H,3-8,11H2,1-2H3. The number of aryl methyl sites for hydroxylation is 1. The molecular formula is C20H26Cl2O5. The minimum absolute atomic E-state index is 0.236. The summed E-state index contributed by atoms with van der Waals surface area (Å²) in [7, 11) is 3.16. The van der Waals surface area contributed by atoms with Gasteiger partial charge in [0.05, 0.1) is 25.3 Å². The predicted octanol–water partition coefficient (Wildman–Crippen LogP) is 4.13. The molecule has 1 saturated heterocycles. The van der Waals surface area contributed by atoms with Crippen LogP contribution in [0.2, 0.25) is 5.02 Å². The summed E-state index contributed by atoms with van der Waals surface area (Å²) in [5.74, 6) is 0.935. The maximum absolute atomic E-state index is 12.3. The molecule has 1 saturated carbocycles. The molecule has 1 heterocycles. The van der Waals surface area contributed by atoms with Crippen molar-refractivity contribution in [3.63, 3.8) is 0 Å². The Morgan fingerprint density at radius 2 is 1.89 bits per heavy atom. The summed E-state index contributed by atoms with van der Waals surface area (Å²) < 4.78 is 16.6. The normalized spacial score (nSPS) is 28.9. The lowest BCUT2D eigenvalue weighted by molar-refractivity contribution is -0.185. The van der Waals surface area contributed by atoms with E-state index in [1.165, 1.54) is 0 Å². The van der Waals surface area contributed by atoms with E-state index in [0.29, 0.717) is 35.8 Å². The zero-order valence-corrected chi connectivity index (χ0v) is 17.2. The molecule has 1 aliphatic heterocycles. The summed E-state index contributed by atoms with van der Waals surface area (Å²) in [5, 5.41) is 9.87. The highest BCUT2D eigenvalue weighted by Crippen LogP contribution is 2.46. The summed E-state index contributed by atoms with van der Waals surface area (Å²) in [6.45, 7) is 0. The Kier molecular flexibility index (Phi) is 6.44. The van der Waals surface area contributed by atoms with Crippen LogP contribution < -0.4 is 9.47 Å². The van der Waals surface area contributed by atoms with Crippen molar-refractivity contribution in [1.82, 2.24) is 0 Å². The van der Waals surface area contributed by atoms with Crippen LogP contribution in [0.15, 0.2) is 12.1 Å². The fraction of sp³-hybridized carbons (Fsp3) is 0.650. The molecular weight excluding hydrogens is 391 g/mol. The minimum atomic E-state index is -0.996. The van der Waals surface area contributed by atoms with Crippen molar-refractivity contribution in [2.75, 3.05) is 14.2 Å². The van der Waals surface area contributed by atoms with Gasteiger partial charge in [-0.15, -0.1) is 11.6 Å². The summed E-state index contributed by atoms with van der Waals surface area (Å²) in [4.78, 5) is 12.3. The zero-order chi connectivity index (χ0) is 19.6. The van der Waals surface area contributed by atoms with Crippen LogP contribution in [0, 0.1) is 5.92 Å². The molecule has 0 radical (unpaired) electrons. The Hall–Kier alpha value is -1.17. The molecule has 7 heteroatoms. The summed E-state index contributed by atoms with van der Waals surface area (Å²) >= 11 is 12.3. The van der Waals surface area contributed by atoms with Crippen LogP contribution >= 0.6 is 23.2 Å². The Morgan fingerprint density at radius 1 is 1.22 bits per heavy atom. The molecule has 1 aromatic rings. The number of rotatable bonds is 6. The first-order valence-corrected chi connectivity index (χ1v) is 10.2. The second-order valence-corrected chi connectivity index (χ2v) is 8.32. The lowest BCUT2D eigenvalue weighted by atomic mass is 9.75. The summed E-state index contributed by atoms with van der Waals surface area (Å²) in [6.07, 6.45) is 4.88. The van der Waals surface area contributed by atoms with Gasteiger partial charge in [-0.3, -0.25) is 4.79 Å². The van der Waals surface area contributed by atoms with Crippen LogP contribution in [0.25, 0.3) is 0 Å². The highest BCUT2D eigenvalue weighted by molar-refractivity contribution is 6.32. The second kappa shape index (κ2) is 8.46. The molecule has 3 unspecified atom stereocenters. The van der Waals surface area contributed by atoms with E-state index in [9.17, 15) is 9.90 Å². The smallest absolute Gasteiger partial charge is 0.327 e. The number of halogens is 2. The number of methoxy groups -OCH3 is 2. The average molecular weight is 417 g/mol. The fourth-order valence-corrected chi connectivity index (χ4v) is 4.83. The van der Waals surface area contributed by atoms with E-state index >= 15 is 0 Å². The Balaban J connectivity index is 1.86. The molecule has 5 nitrogen and oxygen atoms in total.